The monoisotopic (exact) mass is 276 g/mol. The summed E-state index contributed by atoms with van der Waals surface area (Å²) < 4.78 is 5.14. The second kappa shape index (κ2) is 6.55. The summed E-state index contributed by atoms with van der Waals surface area (Å²) in [6.07, 6.45) is 3.61. The summed E-state index contributed by atoms with van der Waals surface area (Å²) >= 11 is 6.10. The van der Waals surface area contributed by atoms with Crippen LogP contribution in [0.15, 0.2) is 42.7 Å². The lowest BCUT2D eigenvalue weighted by Gasteiger charge is -2.14. The zero-order valence-electron chi connectivity index (χ0n) is 11.1. The minimum absolute atomic E-state index is 0.267. The number of methoxy groups -OCH3 is 1. The predicted octanol–water partition coefficient (Wildman–Crippen LogP) is 3.59. The van der Waals surface area contributed by atoms with Crippen LogP contribution in [0.1, 0.15) is 24.1 Å². The Labute approximate surface area is 118 Å². The second-order valence-electron chi connectivity index (χ2n) is 4.35. The van der Waals surface area contributed by atoms with Gasteiger partial charge in [-0.05, 0) is 42.3 Å². The third-order valence-corrected chi connectivity index (χ3v) is 3.33. The molecule has 19 heavy (non-hydrogen) atoms. The Bertz CT molecular complexity index is 531. The molecule has 4 heteroatoms. The Kier molecular flexibility index (Phi) is 4.77. The predicted molar refractivity (Wildman–Crippen MR) is 77.5 cm³/mol. The summed E-state index contributed by atoms with van der Waals surface area (Å²) in [5, 5.41) is 4.09. The fraction of sp³-hybridized carbons (Fsp3) is 0.267. The molecule has 0 fully saturated rings. The van der Waals surface area contributed by atoms with Crippen molar-refractivity contribution >= 4 is 11.6 Å². The zero-order chi connectivity index (χ0) is 13.7. The first-order valence-corrected chi connectivity index (χ1v) is 6.54. The van der Waals surface area contributed by atoms with E-state index in [1.54, 1.807) is 19.5 Å². The first kappa shape index (κ1) is 13.8. The molecule has 0 bridgehead atoms. The largest absolute Gasteiger partial charge is 0.495 e. The van der Waals surface area contributed by atoms with Gasteiger partial charge in [-0.3, -0.25) is 4.98 Å². The lowest BCUT2D eigenvalue weighted by molar-refractivity contribution is 0.414. The van der Waals surface area contributed by atoms with Gasteiger partial charge in [-0.1, -0.05) is 17.7 Å². The van der Waals surface area contributed by atoms with Gasteiger partial charge < -0.3 is 10.1 Å². The number of ether oxygens (including phenoxy) is 1. The van der Waals surface area contributed by atoms with Gasteiger partial charge in [0.2, 0.25) is 0 Å². The average molecular weight is 277 g/mol. The Balaban J connectivity index is 1.97. The van der Waals surface area contributed by atoms with Gasteiger partial charge in [-0.2, -0.15) is 0 Å². The van der Waals surface area contributed by atoms with Gasteiger partial charge >= 0.3 is 0 Å². The summed E-state index contributed by atoms with van der Waals surface area (Å²) in [5.41, 5.74) is 2.35. The van der Waals surface area contributed by atoms with Crippen molar-refractivity contribution in [3.05, 3.63) is 58.9 Å². The Morgan fingerprint density at radius 1 is 1.26 bits per heavy atom. The Hall–Kier alpha value is -1.58. The quantitative estimate of drug-likeness (QED) is 0.906. The summed E-state index contributed by atoms with van der Waals surface area (Å²) in [5.74, 6) is 0.701. The van der Waals surface area contributed by atoms with Crippen LogP contribution in [0.25, 0.3) is 0 Å². The van der Waals surface area contributed by atoms with E-state index in [1.165, 1.54) is 5.56 Å². The maximum Gasteiger partial charge on any atom is 0.137 e. The van der Waals surface area contributed by atoms with Gasteiger partial charge in [0.15, 0.2) is 0 Å². The van der Waals surface area contributed by atoms with Crippen LogP contribution >= 0.6 is 11.6 Å². The van der Waals surface area contributed by atoms with E-state index in [4.69, 9.17) is 16.3 Å². The van der Waals surface area contributed by atoms with Crippen LogP contribution in [0.3, 0.4) is 0 Å². The van der Waals surface area contributed by atoms with E-state index in [0.29, 0.717) is 10.8 Å². The smallest absolute Gasteiger partial charge is 0.137 e. The van der Waals surface area contributed by atoms with Crippen molar-refractivity contribution in [2.45, 2.75) is 19.5 Å². The molecule has 0 aliphatic carbocycles. The molecule has 1 heterocycles. The molecule has 2 rings (SSSR count). The maximum absolute atomic E-state index is 6.10. The molecule has 100 valence electrons. The summed E-state index contributed by atoms with van der Waals surface area (Å²) in [4.78, 5) is 4.02. The van der Waals surface area contributed by atoms with Crippen LogP contribution in [-0.2, 0) is 6.54 Å². The molecule has 1 aromatic heterocycles. The average Bonchev–Trinajstić information content (AvgIpc) is 2.46. The molecular weight excluding hydrogens is 260 g/mol. The number of rotatable bonds is 5. The van der Waals surface area contributed by atoms with Crippen molar-refractivity contribution in [3.63, 3.8) is 0 Å². The first-order valence-electron chi connectivity index (χ1n) is 6.16. The molecule has 0 spiro atoms. The van der Waals surface area contributed by atoms with Crippen molar-refractivity contribution < 1.29 is 4.74 Å². The van der Waals surface area contributed by atoms with E-state index in [-0.39, 0.29) is 6.04 Å². The fourth-order valence-corrected chi connectivity index (χ4v) is 2.14. The molecule has 1 atom stereocenters. The fourth-order valence-electron chi connectivity index (χ4n) is 1.86. The molecule has 0 saturated heterocycles. The summed E-state index contributed by atoms with van der Waals surface area (Å²) in [6.45, 7) is 2.88. The van der Waals surface area contributed by atoms with Gasteiger partial charge in [-0.25, -0.2) is 0 Å². The first-order chi connectivity index (χ1) is 9.20. The molecule has 1 aromatic carbocycles. The van der Waals surface area contributed by atoms with Crippen molar-refractivity contribution in [2.24, 2.45) is 0 Å². The highest BCUT2D eigenvalue weighted by atomic mass is 35.5. The Morgan fingerprint density at radius 2 is 2.00 bits per heavy atom. The van der Waals surface area contributed by atoms with Gasteiger partial charge in [-0.15, -0.1) is 0 Å². The number of halogens is 1. The molecule has 2 aromatic rings. The number of aromatic nitrogens is 1. The van der Waals surface area contributed by atoms with Gasteiger partial charge in [0, 0.05) is 25.0 Å². The van der Waals surface area contributed by atoms with E-state index in [2.05, 4.69) is 17.2 Å². The highest BCUT2D eigenvalue weighted by molar-refractivity contribution is 6.32. The van der Waals surface area contributed by atoms with Crippen LogP contribution in [0.2, 0.25) is 5.02 Å². The van der Waals surface area contributed by atoms with Crippen LogP contribution in [0, 0.1) is 0 Å². The van der Waals surface area contributed by atoms with Crippen LogP contribution in [0.4, 0.5) is 0 Å². The van der Waals surface area contributed by atoms with Crippen LogP contribution < -0.4 is 10.1 Å². The molecule has 1 N–H and O–H groups in total. The van der Waals surface area contributed by atoms with E-state index in [0.717, 1.165) is 12.1 Å². The topological polar surface area (TPSA) is 34.1 Å². The number of pyridine rings is 1. The van der Waals surface area contributed by atoms with Crippen LogP contribution in [-0.4, -0.2) is 12.1 Å². The van der Waals surface area contributed by atoms with E-state index < -0.39 is 0 Å². The van der Waals surface area contributed by atoms with Crippen molar-refractivity contribution in [3.8, 4) is 5.75 Å². The number of hydrogen-bond acceptors (Lipinski definition) is 3. The standard InChI is InChI=1S/C15H17ClN2O/c1-11(13-5-7-17-8-6-13)18-10-12-3-4-15(19-2)14(16)9-12/h3-9,11,18H,10H2,1-2H3. The maximum atomic E-state index is 6.10. The lowest BCUT2D eigenvalue weighted by atomic mass is 10.1. The minimum Gasteiger partial charge on any atom is -0.495 e. The van der Waals surface area contributed by atoms with Crippen molar-refractivity contribution in [2.75, 3.05) is 7.11 Å². The molecule has 0 saturated carbocycles. The second-order valence-corrected chi connectivity index (χ2v) is 4.76. The van der Waals surface area contributed by atoms with E-state index >= 15 is 0 Å². The Morgan fingerprint density at radius 3 is 2.63 bits per heavy atom. The molecule has 0 amide bonds. The molecule has 0 aliphatic heterocycles. The summed E-state index contributed by atoms with van der Waals surface area (Å²) in [7, 11) is 1.62. The molecule has 3 nitrogen and oxygen atoms in total. The van der Waals surface area contributed by atoms with Crippen molar-refractivity contribution in [1.82, 2.24) is 10.3 Å². The number of benzene rings is 1. The molecule has 1 unspecified atom stereocenters. The normalized spacial score (nSPS) is 12.2. The molecular formula is C15H17ClN2O. The third kappa shape index (κ3) is 3.69. The molecule has 0 aliphatic rings. The van der Waals surface area contributed by atoms with Gasteiger partial charge in [0.25, 0.3) is 0 Å². The highest BCUT2D eigenvalue weighted by Gasteiger charge is 2.06. The highest BCUT2D eigenvalue weighted by Crippen LogP contribution is 2.25. The number of hydrogen-bond donors (Lipinski definition) is 1. The van der Waals surface area contributed by atoms with Gasteiger partial charge in [0.05, 0.1) is 12.1 Å². The van der Waals surface area contributed by atoms with Gasteiger partial charge in [0.1, 0.15) is 5.75 Å². The molecule has 0 radical (unpaired) electrons. The number of nitrogens with one attached hydrogen (secondary N) is 1. The zero-order valence-corrected chi connectivity index (χ0v) is 11.8. The SMILES string of the molecule is COc1ccc(CNC(C)c2ccncc2)cc1Cl. The minimum atomic E-state index is 0.267. The van der Waals surface area contributed by atoms with E-state index in [9.17, 15) is 0 Å². The van der Waals surface area contributed by atoms with Crippen molar-refractivity contribution in [1.29, 1.82) is 0 Å². The summed E-state index contributed by atoms with van der Waals surface area (Å²) in [6, 6.07) is 10.1. The van der Waals surface area contributed by atoms with Crippen LogP contribution in [0.5, 0.6) is 5.75 Å². The van der Waals surface area contributed by atoms with E-state index in [1.807, 2.05) is 30.3 Å². The lowest BCUT2D eigenvalue weighted by Crippen LogP contribution is -2.18. The number of nitrogens with zero attached hydrogens (tertiary/aromatic N) is 1. The third-order valence-electron chi connectivity index (χ3n) is 3.03.